The second kappa shape index (κ2) is 19.6. The van der Waals surface area contributed by atoms with Gasteiger partial charge in [-0.2, -0.15) is 11.8 Å². The zero-order valence-electron chi connectivity index (χ0n) is 32.4. The molecule has 4 aliphatic rings. The number of quaternary nitrogens is 1. The van der Waals surface area contributed by atoms with Crippen molar-refractivity contribution in [1.82, 2.24) is 5.32 Å². The van der Waals surface area contributed by atoms with Gasteiger partial charge in [-0.15, -0.1) is 0 Å². The maximum absolute atomic E-state index is 10.5. The Morgan fingerprint density at radius 2 is 1.67 bits per heavy atom. The summed E-state index contributed by atoms with van der Waals surface area (Å²) in [5.41, 5.74) is 7.84. The van der Waals surface area contributed by atoms with E-state index >= 15 is 0 Å². The van der Waals surface area contributed by atoms with Crippen molar-refractivity contribution in [2.75, 3.05) is 52.8 Å². The third-order valence-electron chi connectivity index (χ3n) is 12.6. The summed E-state index contributed by atoms with van der Waals surface area (Å²) in [5.74, 6) is 3.93. The van der Waals surface area contributed by atoms with E-state index in [4.69, 9.17) is 21.1 Å². The Morgan fingerprint density at radius 3 is 2.20 bits per heavy atom. The zero-order chi connectivity index (χ0) is 37.2. The number of rotatable bonds is 14. The first-order valence-corrected chi connectivity index (χ1v) is 20.2. The number of carboxylic acid groups (broad SMARTS) is 2. The number of thioether (sulfide) groups is 1. The van der Waals surface area contributed by atoms with Crippen LogP contribution in [-0.2, 0) is 9.59 Å². The highest BCUT2D eigenvalue weighted by atomic mass is 32.2. The van der Waals surface area contributed by atoms with Gasteiger partial charge in [0.15, 0.2) is 0 Å². The smallest absolute Gasteiger partial charge is 0.321 e. The van der Waals surface area contributed by atoms with Crippen molar-refractivity contribution in [3.63, 3.8) is 0 Å². The first-order valence-electron chi connectivity index (χ1n) is 19.1. The van der Waals surface area contributed by atoms with Gasteiger partial charge < -0.3 is 36.0 Å². The molecule has 4 rings (SSSR count). The average molecular weight is 713 g/mol. The average Bonchev–Trinajstić information content (AvgIpc) is 3.36. The van der Waals surface area contributed by atoms with Gasteiger partial charge in [-0.05, 0) is 105 Å². The molecule has 0 heterocycles. The minimum absolute atomic E-state index is 0.0766. The highest BCUT2D eigenvalue weighted by Crippen LogP contribution is 2.67. The maximum Gasteiger partial charge on any atom is 0.321 e. The van der Waals surface area contributed by atoms with Crippen molar-refractivity contribution in [3.8, 4) is 0 Å². The zero-order valence-corrected chi connectivity index (χ0v) is 33.2. The molecule has 3 unspecified atom stereocenters. The van der Waals surface area contributed by atoms with Crippen LogP contribution in [0, 0.1) is 46.3 Å². The minimum atomic E-state index is -1.08. The predicted molar refractivity (Wildman–Crippen MR) is 202 cm³/mol. The third kappa shape index (κ3) is 12.5. The molecule has 0 spiro atoms. The van der Waals surface area contributed by atoms with E-state index in [1.807, 2.05) is 0 Å². The Labute approximate surface area is 302 Å². The van der Waals surface area contributed by atoms with Gasteiger partial charge >= 0.3 is 11.9 Å². The summed E-state index contributed by atoms with van der Waals surface area (Å²) in [4.78, 5) is 20.8. The number of likely N-dealkylation sites (N-methyl/N-ethyl adjacent to an activating group) is 2. The van der Waals surface area contributed by atoms with Crippen molar-refractivity contribution in [2.24, 2.45) is 52.1 Å². The van der Waals surface area contributed by atoms with Gasteiger partial charge in [0.2, 0.25) is 0 Å². The Morgan fingerprint density at radius 1 is 1.00 bits per heavy atom. The summed E-state index contributed by atoms with van der Waals surface area (Å²) in [6.45, 7) is 13.7. The van der Waals surface area contributed by atoms with Crippen LogP contribution in [0.25, 0.3) is 0 Å². The van der Waals surface area contributed by atoms with Crippen molar-refractivity contribution >= 4 is 23.7 Å². The van der Waals surface area contributed by atoms with Crippen LogP contribution in [0.4, 0.5) is 0 Å². The number of hydrogen-bond donors (Lipinski definition) is 6. The summed E-state index contributed by atoms with van der Waals surface area (Å²) in [6, 6.07) is -1.60. The second-order valence-electron chi connectivity index (χ2n) is 17.6. The Kier molecular flexibility index (Phi) is 17.6. The molecule has 49 heavy (non-hydrogen) atoms. The van der Waals surface area contributed by atoms with Gasteiger partial charge in [-0.3, -0.25) is 9.59 Å². The highest BCUT2D eigenvalue weighted by molar-refractivity contribution is 7.99. The fraction of sp³-hybridized carbons (Fsp3) is 0.897. The van der Waals surface area contributed by atoms with Gasteiger partial charge in [0.25, 0.3) is 0 Å². The number of hydrogen-bond acceptors (Lipinski definition) is 7. The van der Waals surface area contributed by atoms with Crippen molar-refractivity contribution in [2.45, 2.75) is 123 Å². The number of nitrogens with zero attached hydrogens (tertiary/aromatic N) is 1. The highest BCUT2D eigenvalue weighted by Gasteiger charge is 2.59. The van der Waals surface area contributed by atoms with Crippen molar-refractivity contribution < 1.29 is 34.5 Å². The molecule has 3 saturated carbocycles. The number of allylic oxidation sites excluding steroid dienone is 1. The number of aliphatic hydroxyl groups is 2. The molecule has 10 heteroatoms. The SMILES string of the molecule is CC(C)CCCC(C)[C@H]1CC[C@H]2[C@@H]3CC=C4C[C@@H](O)CC[C@]4(C)[C@H]3CC[C@]12C.CNC(CSCC(N)C(=O)O)C(=O)O.C[N+](C)(C)CCO. The lowest BCUT2D eigenvalue weighted by Gasteiger charge is -2.58. The van der Waals surface area contributed by atoms with E-state index in [1.54, 1.807) is 5.57 Å². The number of nitrogens with two attached hydrogens (primary N) is 1. The lowest BCUT2D eigenvalue weighted by atomic mass is 9.47. The minimum Gasteiger partial charge on any atom is -0.480 e. The summed E-state index contributed by atoms with van der Waals surface area (Å²) >= 11 is 1.20. The molecule has 4 aliphatic carbocycles. The van der Waals surface area contributed by atoms with Crippen LogP contribution in [0.2, 0.25) is 0 Å². The predicted octanol–water partition coefficient (Wildman–Crippen LogP) is 5.88. The van der Waals surface area contributed by atoms with E-state index in [-0.39, 0.29) is 18.5 Å². The molecule has 0 aromatic carbocycles. The Hall–Kier alpha value is -1.17. The van der Waals surface area contributed by atoms with E-state index in [9.17, 15) is 14.7 Å². The third-order valence-corrected chi connectivity index (χ3v) is 13.8. The molecule has 3 fully saturated rings. The number of fused-ring (bicyclic) bond motifs is 5. The molecule has 286 valence electrons. The Balaban J connectivity index is 0.000000332. The number of aliphatic carboxylic acids is 2. The van der Waals surface area contributed by atoms with Crippen molar-refractivity contribution in [3.05, 3.63) is 11.6 Å². The quantitative estimate of drug-likeness (QED) is 0.0958. The number of nitrogens with one attached hydrogen (secondary N) is 1. The van der Waals surface area contributed by atoms with E-state index < -0.39 is 24.0 Å². The van der Waals surface area contributed by atoms with Crippen molar-refractivity contribution in [1.29, 1.82) is 0 Å². The van der Waals surface area contributed by atoms with Crippen LogP contribution in [-0.4, -0.2) is 108 Å². The van der Waals surface area contributed by atoms with E-state index in [0.29, 0.717) is 16.6 Å². The van der Waals surface area contributed by atoms with Gasteiger partial charge in [0.1, 0.15) is 18.6 Å². The van der Waals surface area contributed by atoms with Crippen LogP contribution < -0.4 is 11.1 Å². The largest absolute Gasteiger partial charge is 0.480 e. The van der Waals surface area contributed by atoms with Crippen LogP contribution >= 0.6 is 11.8 Å². The lowest BCUT2D eigenvalue weighted by Crippen LogP contribution is -2.50. The number of carbonyl (C=O) groups is 2. The first-order chi connectivity index (χ1) is 22.8. The first kappa shape index (κ1) is 44.0. The van der Waals surface area contributed by atoms with Gasteiger partial charge in [-0.1, -0.05) is 65.5 Å². The topological polar surface area (TPSA) is 153 Å². The molecule has 0 aliphatic heterocycles. The fourth-order valence-corrected chi connectivity index (χ4v) is 10.7. The van der Waals surface area contributed by atoms with E-state index in [2.05, 4.69) is 67.2 Å². The molecule has 0 amide bonds. The molecule has 0 radical (unpaired) electrons. The summed E-state index contributed by atoms with van der Waals surface area (Å²) < 4.78 is 0.844. The number of carboxylic acids is 2. The summed E-state index contributed by atoms with van der Waals surface area (Å²) in [6.07, 6.45) is 17.2. The van der Waals surface area contributed by atoms with Gasteiger partial charge in [-0.25, -0.2) is 0 Å². The number of aliphatic hydroxyl groups excluding tert-OH is 2. The lowest BCUT2D eigenvalue weighted by molar-refractivity contribution is -0.870. The molecular weight excluding hydrogens is 639 g/mol. The molecular formula is C39H74N3O6S+. The molecule has 0 aromatic rings. The van der Waals surface area contributed by atoms with Crippen LogP contribution in [0.5, 0.6) is 0 Å². The molecule has 0 saturated heterocycles. The van der Waals surface area contributed by atoms with Gasteiger partial charge in [0.05, 0.1) is 33.9 Å². The molecule has 9 nitrogen and oxygen atoms in total. The second-order valence-corrected chi connectivity index (χ2v) is 18.7. The van der Waals surface area contributed by atoms with E-state index in [1.165, 1.54) is 76.6 Å². The van der Waals surface area contributed by atoms with Gasteiger partial charge in [0, 0.05) is 11.5 Å². The van der Waals surface area contributed by atoms with Crippen LogP contribution in [0.3, 0.4) is 0 Å². The summed E-state index contributed by atoms with van der Waals surface area (Å²) in [5, 5.41) is 38.3. The molecule has 10 atom stereocenters. The fourth-order valence-electron chi connectivity index (χ4n) is 9.63. The monoisotopic (exact) mass is 713 g/mol. The Bertz CT molecular complexity index is 1070. The standard InChI is InChI=1S/C27H46O.C7H14N2O4S.C5H14NO/c1-18(2)7-6-8-19(3)23-11-12-24-22-10-9-20-17-21(28)13-15-26(20,4)25(22)14-16-27(23,24)5;1-9-5(7(12)13)3-14-2-4(8)6(10)11;1-6(2,3)4-5-7/h9,18-19,21-25,28H,6-8,10-17H2,1-5H3;4-5,9H,2-3,8H2,1H3,(H,10,11)(H,12,13);7H,4-5H2,1-3H3/q;;+1/t19?,21-,22-,23+,24-,25-,26-,27+;;/m0../s1. The normalized spacial score (nSPS) is 32.5. The molecule has 0 aromatic heterocycles. The van der Waals surface area contributed by atoms with E-state index in [0.717, 1.165) is 59.4 Å². The van der Waals surface area contributed by atoms with Crippen LogP contribution in [0.15, 0.2) is 11.6 Å². The molecule has 7 N–H and O–H groups in total. The maximum atomic E-state index is 10.5. The molecule has 0 bridgehead atoms. The van der Waals surface area contributed by atoms with Crippen LogP contribution in [0.1, 0.15) is 105 Å². The summed E-state index contributed by atoms with van der Waals surface area (Å²) in [7, 11) is 7.69.